The number of methoxy groups -OCH3 is 1. The topological polar surface area (TPSA) is 12.5 Å². The van der Waals surface area contributed by atoms with Gasteiger partial charge in [0.05, 0.1) is 7.11 Å². The van der Waals surface area contributed by atoms with Crippen molar-refractivity contribution in [3.63, 3.8) is 0 Å². The molecule has 1 aliphatic rings. The number of piperidine rings is 1. The smallest absolute Gasteiger partial charge is 0.119 e. The van der Waals surface area contributed by atoms with Gasteiger partial charge in [-0.2, -0.15) is 0 Å². The van der Waals surface area contributed by atoms with Crippen molar-refractivity contribution >= 4 is 0 Å². The predicted molar refractivity (Wildman–Crippen MR) is 76.0 cm³/mol. The number of likely N-dealkylation sites (tertiary alicyclic amines) is 1. The quantitative estimate of drug-likeness (QED) is 0.806. The Bertz CT molecular complexity index is 369. The van der Waals surface area contributed by atoms with E-state index in [1.165, 1.54) is 31.5 Å². The molecule has 1 saturated heterocycles. The van der Waals surface area contributed by atoms with Gasteiger partial charge >= 0.3 is 0 Å². The zero-order valence-electron chi connectivity index (χ0n) is 11.6. The van der Waals surface area contributed by atoms with Gasteiger partial charge in [0.2, 0.25) is 0 Å². The Morgan fingerprint density at radius 1 is 1.39 bits per heavy atom. The standard InChI is InChI=1S/C16H24NO/c1-4-13(2)17-10-8-14(9-11-17)15-6-5-7-16(12-15)18-3/h5-7,12-14H,1,4,8-11H2,2-3H3. The summed E-state index contributed by atoms with van der Waals surface area (Å²) in [5.74, 6) is 1.66. The highest BCUT2D eigenvalue weighted by molar-refractivity contribution is 5.31. The van der Waals surface area contributed by atoms with Crippen molar-refractivity contribution in [2.24, 2.45) is 0 Å². The Morgan fingerprint density at radius 2 is 2.11 bits per heavy atom. The number of hydrogen-bond donors (Lipinski definition) is 0. The first-order chi connectivity index (χ1) is 8.74. The van der Waals surface area contributed by atoms with E-state index in [0.29, 0.717) is 12.0 Å². The molecule has 1 heterocycles. The molecule has 0 bridgehead atoms. The third-order valence-electron chi connectivity index (χ3n) is 4.14. The molecule has 0 aromatic heterocycles. The molecule has 0 saturated carbocycles. The van der Waals surface area contributed by atoms with Crippen LogP contribution in [0.25, 0.3) is 0 Å². The normalized spacial score (nSPS) is 19.7. The Labute approximate surface area is 111 Å². The van der Waals surface area contributed by atoms with Crippen molar-refractivity contribution in [3.8, 4) is 5.75 Å². The van der Waals surface area contributed by atoms with Crippen molar-refractivity contribution in [2.75, 3.05) is 20.2 Å². The SMILES string of the molecule is [CH2]CC(C)N1CCC(c2cccc(OC)c2)CC1. The zero-order chi connectivity index (χ0) is 13.0. The fourth-order valence-corrected chi connectivity index (χ4v) is 2.75. The third-order valence-corrected chi connectivity index (χ3v) is 4.14. The van der Waals surface area contributed by atoms with Gasteiger partial charge in [-0.05, 0) is 62.9 Å². The highest BCUT2D eigenvalue weighted by Gasteiger charge is 2.23. The minimum atomic E-state index is 0.622. The number of benzene rings is 1. The van der Waals surface area contributed by atoms with Crippen LogP contribution in [0.15, 0.2) is 24.3 Å². The molecule has 1 fully saturated rings. The van der Waals surface area contributed by atoms with Crippen LogP contribution in [-0.2, 0) is 0 Å². The average molecular weight is 246 g/mol. The Morgan fingerprint density at radius 3 is 2.72 bits per heavy atom. The van der Waals surface area contributed by atoms with Crippen LogP contribution in [0.2, 0.25) is 0 Å². The van der Waals surface area contributed by atoms with Crippen LogP contribution in [0.3, 0.4) is 0 Å². The van der Waals surface area contributed by atoms with Crippen molar-refractivity contribution in [1.29, 1.82) is 0 Å². The summed E-state index contributed by atoms with van der Waals surface area (Å²) in [6.07, 6.45) is 3.50. The fourth-order valence-electron chi connectivity index (χ4n) is 2.75. The molecule has 1 unspecified atom stereocenters. The van der Waals surface area contributed by atoms with Crippen molar-refractivity contribution in [2.45, 2.75) is 38.1 Å². The summed E-state index contributed by atoms with van der Waals surface area (Å²) in [4.78, 5) is 2.56. The first-order valence-electron chi connectivity index (χ1n) is 6.92. The molecule has 0 amide bonds. The Kier molecular flexibility index (Phi) is 4.65. The predicted octanol–water partition coefficient (Wildman–Crippen LogP) is 3.49. The summed E-state index contributed by atoms with van der Waals surface area (Å²) in [6, 6.07) is 9.15. The highest BCUT2D eigenvalue weighted by atomic mass is 16.5. The van der Waals surface area contributed by atoms with E-state index >= 15 is 0 Å². The van der Waals surface area contributed by atoms with E-state index in [0.717, 1.165) is 12.2 Å². The minimum Gasteiger partial charge on any atom is -0.497 e. The van der Waals surface area contributed by atoms with Gasteiger partial charge in [0.1, 0.15) is 5.75 Å². The van der Waals surface area contributed by atoms with Crippen molar-refractivity contribution in [3.05, 3.63) is 36.8 Å². The molecule has 1 aliphatic heterocycles. The summed E-state index contributed by atoms with van der Waals surface area (Å²) < 4.78 is 5.30. The average Bonchev–Trinajstić information content (AvgIpc) is 2.46. The maximum absolute atomic E-state index is 5.30. The van der Waals surface area contributed by atoms with Crippen LogP contribution in [0, 0.1) is 6.92 Å². The maximum Gasteiger partial charge on any atom is 0.119 e. The van der Waals surface area contributed by atoms with E-state index in [-0.39, 0.29) is 0 Å². The number of ether oxygens (including phenoxy) is 1. The van der Waals surface area contributed by atoms with E-state index in [1.54, 1.807) is 7.11 Å². The highest BCUT2D eigenvalue weighted by Crippen LogP contribution is 2.30. The monoisotopic (exact) mass is 246 g/mol. The van der Waals surface area contributed by atoms with Crippen molar-refractivity contribution in [1.82, 2.24) is 4.90 Å². The van der Waals surface area contributed by atoms with Crippen LogP contribution in [0.5, 0.6) is 5.75 Å². The lowest BCUT2D eigenvalue weighted by Gasteiger charge is -2.36. The molecule has 1 atom stereocenters. The summed E-state index contributed by atoms with van der Waals surface area (Å²) in [7, 11) is 1.73. The molecule has 0 N–H and O–H groups in total. The van der Waals surface area contributed by atoms with Gasteiger partial charge < -0.3 is 9.64 Å². The molecule has 2 heteroatoms. The first-order valence-corrected chi connectivity index (χ1v) is 6.92. The van der Waals surface area contributed by atoms with Gasteiger partial charge in [-0.25, -0.2) is 0 Å². The molecule has 1 aromatic rings. The van der Waals surface area contributed by atoms with Gasteiger partial charge in [-0.1, -0.05) is 19.1 Å². The van der Waals surface area contributed by atoms with Gasteiger partial charge in [-0.15, -0.1) is 0 Å². The molecule has 2 nitrogen and oxygen atoms in total. The largest absolute Gasteiger partial charge is 0.497 e. The molecule has 18 heavy (non-hydrogen) atoms. The molecule has 99 valence electrons. The first kappa shape index (κ1) is 13.4. The van der Waals surface area contributed by atoms with Gasteiger partial charge in [0.25, 0.3) is 0 Å². The number of nitrogens with zero attached hydrogens (tertiary/aromatic N) is 1. The molecule has 0 spiro atoms. The van der Waals surface area contributed by atoms with Crippen LogP contribution in [0.1, 0.15) is 37.7 Å². The summed E-state index contributed by atoms with van der Waals surface area (Å²) in [6.45, 7) is 8.67. The maximum atomic E-state index is 5.30. The molecular weight excluding hydrogens is 222 g/mol. The van der Waals surface area contributed by atoms with Crippen LogP contribution in [-0.4, -0.2) is 31.1 Å². The summed E-state index contributed by atoms with van der Waals surface area (Å²) >= 11 is 0. The Hall–Kier alpha value is -1.02. The lowest BCUT2D eigenvalue weighted by molar-refractivity contribution is 0.162. The van der Waals surface area contributed by atoms with Gasteiger partial charge in [0.15, 0.2) is 0 Å². The molecular formula is C16H24NO. The molecule has 2 rings (SSSR count). The number of rotatable bonds is 4. The lowest BCUT2D eigenvalue weighted by atomic mass is 9.88. The fraction of sp³-hybridized carbons (Fsp3) is 0.562. The Balaban J connectivity index is 1.96. The van der Waals surface area contributed by atoms with Gasteiger partial charge in [-0.3, -0.25) is 0 Å². The van der Waals surface area contributed by atoms with E-state index in [4.69, 9.17) is 4.74 Å². The van der Waals surface area contributed by atoms with Crippen molar-refractivity contribution < 1.29 is 4.74 Å². The summed E-state index contributed by atoms with van der Waals surface area (Å²) in [5, 5.41) is 0. The van der Waals surface area contributed by atoms with E-state index in [9.17, 15) is 0 Å². The van der Waals surface area contributed by atoms with Gasteiger partial charge in [0, 0.05) is 6.04 Å². The van der Waals surface area contributed by atoms with E-state index < -0.39 is 0 Å². The third kappa shape index (κ3) is 3.05. The van der Waals surface area contributed by atoms with Crippen LogP contribution >= 0.6 is 0 Å². The summed E-state index contributed by atoms with van der Waals surface area (Å²) in [5.41, 5.74) is 1.43. The molecule has 1 aromatic carbocycles. The lowest BCUT2D eigenvalue weighted by Crippen LogP contribution is -2.39. The number of hydrogen-bond acceptors (Lipinski definition) is 2. The van der Waals surface area contributed by atoms with Crippen LogP contribution < -0.4 is 4.74 Å². The second-order valence-corrected chi connectivity index (χ2v) is 5.22. The minimum absolute atomic E-state index is 0.622. The molecule has 0 aliphatic carbocycles. The van der Waals surface area contributed by atoms with Crippen LogP contribution in [0.4, 0.5) is 0 Å². The molecule has 1 radical (unpaired) electrons. The second kappa shape index (κ2) is 6.24. The van der Waals surface area contributed by atoms with E-state index in [2.05, 4.69) is 36.9 Å². The second-order valence-electron chi connectivity index (χ2n) is 5.22. The van der Waals surface area contributed by atoms with E-state index in [1.807, 2.05) is 6.07 Å². The zero-order valence-corrected chi connectivity index (χ0v) is 11.6.